The van der Waals surface area contributed by atoms with E-state index in [0.29, 0.717) is 31.2 Å². The molecule has 3 rings (SSSR count). The van der Waals surface area contributed by atoms with Crippen LogP contribution in [0.4, 0.5) is 5.69 Å². The third-order valence-electron chi connectivity index (χ3n) is 4.43. The Bertz CT molecular complexity index is 936. The van der Waals surface area contributed by atoms with Crippen LogP contribution in [0.15, 0.2) is 35.1 Å². The van der Waals surface area contributed by atoms with Crippen molar-refractivity contribution in [1.82, 2.24) is 15.1 Å². The van der Waals surface area contributed by atoms with Crippen LogP contribution in [0.3, 0.4) is 0 Å². The van der Waals surface area contributed by atoms with Crippen LogP contribution in [-0.2, 0) is 4.74 Å². The lowest BCUT2D eigenvalue weighted by molar-refractivity contribution is -0.384. The Labute approximate surface area is 161 Å². The van der Waals surface area contributed by atoms with Gasteiger partial charge in [-0.1, -0.05) is 12.1 Å². The molecule has 9 nitrogen and oxygen atoms in total. The Morgan fingerprint density at radius 2 is 2.14 bits per heavy atom. The van der Waals surface area contributed by atoms with Gasteiger partial charge >= 0.3 is 0 Å². The smallest absolute Gasteiger partial charge is 0.294 e. The standard InChI is InChI=1S/C19H22N4O5/c1-13-11-17(24)18(19(25)20-9-4-10-28-12-14-7-8-14)21-22(13)15-5-2-3-6-16(15)23(26)27/h2-3,5-6,11,14H,4,7-10,12H2,1H3,(H,20,25). The summed E-state index contributed by atoms with van der Waals surface area (Å²) in [6, 6.07) is 7.27. The number of para-hydroxylation sites is 2. The molecule has 2 aromatic rings. The number of hydrogen-bond donors (Lipinski definition) is 1. The number of hydrogen-bond acceptors (Lipinski definition) is 6. The van der Waals surface area contributed by atoms with Crippen molar-refractivity contribution in [2.24, 2.45) is 5.92 Å². The molecule has 1 aromatic carbocycles. The monoisotopic (exact) mass is 386 g/mol. The summed E-state index contributed by atoms with van der Waals surface area (Å²) in [6.45, 7) is 3.25. The number of aromatic nitrogens is 2. The second kappa shape index (κ2) is 8.75. The highest BCUT2D eigenvalue weighted by Gasteiger charge is 2.21. The molecule has 1 fully saturated rings. The van der Waals surface area contributed by atoms with E-state index < -0.39 is 16.3 Å². The molecule has 0 atom stereocenters. The number of carbonyl (C=O) groups is 1. The quantitative estimate of drug-likeness (QED) is 0.400. The number of carbonyl (C=O) groups excluding carboxylic acids is 1. The van der Waals surface area contributed by atoms with Crippen LogP contribution < -0.4 is 10.7 Å². The van der Waals surface area contributed by atoms with Crippen LogP contribution in [0.2, 0.25) is 0 Å². The zero-order valence-corrected chi connectivity index (χ0v) is 15.6. The van der Waals surface area contributed by atoms with Crippen molar-refractivity contribution in [3.05, 3.63) is 62.1 Å². The van der Waals surface area contributed by atoms with Crippen molar-refractivity contribution < 1.29 is 14.5 Å². The maximum Gasteiger partial charge on any atom is 0.294 e. The van der Waals surface area contributed by atoms with Gasteiger partial charge < -0.3 is 10.1 Å². The number of nitro groups is 1. The molecule has 0 saturated heterocycles. The Balaban J connectivity index is 1.71. The minimum Gasteiger partial charge on any atom is -0.381 e. The van der Waals surface area contributed by atoms with Crippen molar-refractivity contribution in [1.29, 1.82) is 0 Å². The SMILES string of the molecule is Cc1cc(=O)c(C(=O)NCCCOCC2CC2)nn1-c1ccccc1[N+](=O)[O-]. The summed E-state index contributed by atoms with van der Waals surface area (Å²) in [7, 11) is 0. The molecule has 148 valence electrons. The van der Waals surface area contributed by atoms with Gasteiger partial charge in [-0.3, -0.25) is 19.7 Å². The van der Waals surface area contributed by atoms with E-state index in [1.165, 1.54) is 35.7 Å². The van der Waals surface area contributed by atoms with Crippen molar-refractivity contribution in [3.8, 4) is 5.69 Å². The minimum atomic E-state index is -0.612. The van der Waals surface area contributed by atoms with E-state index in [1.807, 2.05) is 0 Å². The van der Waals surface area contributed by atoms with Gasteiger partial charge in [-0.05, 0) is 38.2 Å². The van der Waals surface area contributed by atoms with Gasteiger partial charge in [0.05, 0.1) is 4.92 Å². The lowest BCUT2D eigenvalue weighted by Crippen LogP contribution is -2.33. The second-order valence-electron chi connectivity index (χ2n) is 6.78. The van der Waals surface area contributed by atoms with Crippen molar-refractivity contribution in [2.75, 3.05) is 19.8 Å². The van der Waals surface area contributed by atoms with Crippen LogP contribution in [0.1, 0.15) is 35.4 Å². The number of amides is 1. The maximum atomic E-state index is 12.4. The largest absolute Gasteiger partial charge is 0.381 e. The second-order valence-corrected chi connectivity index (χ2v) is 6.78. The van der Waals surface area contributed by atoms with Crippen molar-refractivity contribution in [3.63, 3.8) is 0 Å². The summed E-state index contributed by atoms with van der Waals surface area (Å²) in [4.78, 5) is 35.3. The van der Waals surface area contributed by atoms with Crippen LogP contribution >= 0.6 is 0 Å². The zero-order valence-electron chi connectivity index (χ0n) is 15.6. The average Bonchev–Trinajstić information content (AvgIpc) is 3.49. The van der Waals surface area contributed by atoms with Gasteiger partial charge in [0, 0.05) is 37.6 Å². The van der Waals surface area contributed by atoms with Gasteiger partial charge in [-0.15, -0.1) is 0 Å². The van der Waals surface area contributed by atoms with Crippen LogP contribution in [0, 0.1) is 23.0 Å². The third-order valence-corrected chi connectivity index (χ3v) is 4.43. The maximum absolute atomic E-state index is 12.4. The highest BCUT2D eigenvalue weighted by Crippen LogP contribution is 2.28. The molecule has 1 aliphatic rings. The number of nitrogens with one attached hydrogen (secondary N) is 1. The number of rotatable bonds is 9. The lowest BCUT2D eigenvalue weighted by Gasteiger charge is -2.11. The number of ether oxygens (including phenoxy) is 1. The summed E-state index contributed by atoms with van der Waals surface area (Å²) in [5.41, 5.74) is -0.421. The van der Waals surface area contributed by atoms with Gasteiger partial charge in [0.1, 0.15) is 5.69 Å². The fourth-order valence-corrected chi connectivity index (χ4v) is 2.74. The Morgan fingerprint density at radius 1 is 1.39 bits per heavy atom. The minimum absolute atomic E-state index is 0.166. The Kier molecular flexibility index (Phi) is 6.15. The first-order chi connectivity index (χ1) is 13.5. The topological polar surface area (TPSA) is 116 Å². The summed E-state index contributed by atoms with van der Waals surface area (Å²) in [5, 5.41) is 18.0. The molecule has 1 heterocycles. The summed E-state index contributed by atoms with van der Waals surface area (Å²) >= 11 is 0. The normalized spacial score (nSPS) is 13.3. The Morgan fingerprint density at radius 3 is 2.86 bits per heavy atom. The van der Waals surface area contributed by atoms with E-state index in [9.17, 15) is 19.7 Å². The van der Waals surface area contributed by atoms with E-state index in [2.05, 4.69) is 10.4 Å². The molecule has 1 aromatic heterocycles. The van der Waals surface area contributed by atoms with Crippen LogP contribution in [0.5, 0.6) is 0 Å². The van der Waals surface area contributed by atoms with Crippen molar-refractivity contribution >= 4 is 11.6 Å². The molecule has 1 saturated carbocycles. The molecule has 28 heavy (non-hydrogen) atoms. The first-order valence-corrected chi connectivity index (χ1v) is 9.18. The van der Waals surface area contributed by atoms with E-state index >= 15 is 0 Å². The van der Waals surface area contributed by atoms with E-state index in [-0.39, 0.29) is 17.1 Å². The molecule has 1 aliphatic carbocycles. The summed E-state index contributed by atoms with van der Waals surface area (Å²) < 4.78 is 6.74. The van der Waals surface area contributed by atoms with Gasteiger partial charge in [-0.2, -0.15) is 5.10 Å². The highest BCUT2D eigenvalue weighted by molar-refractivity contribution is 5.92. The van der Waals surface area contributed by atoms with Gasteiger partial charge in [0.15, 0.2) is 5.69 Å². The molecule has 0 unspecified atom stereocenters. The molecule has 9 heteroatoms. The van der Waals surface area contributed by atoms with Crippen molar-refractivity contribution in [2.45, 2.75) is 26.2 Å². The molecule has 0 radical (unpaired) electrons. The van der Waals surface area contributed by atoms with Crippen LogP contribution in [0.25, 0.3) is 5.69 Å². The molecule has 1 amide bonds. The average molecular weight is 386 g/mol. The number of benzene rings is 1. The van der Waals surface area contributed by atoms with E-state index in [0.717, 1.165) is 6.61 Å². The molecule has 1 N–H and O–H groups in total. The molecule has 0 aliphatic heterocycles. The molecule has 0 spiro atoms. The fraction of sp³-hybridized carbons (Fsp3) is 0.421. The first kappa shape index (κ1) is 19.7. The van der Waals surface area contributed by atoms with Crippen LogP contribution in [-0.4, -0.2) is 40.4 Å². The first-order valence-electron chi connectivity index (χ1n) is 9.18. The number of nitro benzene ring substituents is 1. The van der Waals surface area contributed by atoms with Gasteiger partial charge in [-0.25, -0.2) is 4.68 Å². The van der Waals surface area contributed by atoms with E-state index in [1.54, 1.807) is 19.1 Å². The summed E-state index contributed by atoms with van der Waals surface area (Å²) in [6.07, 6.45) is 3.08. The zero-order chi connectivity index (χ0) is 20.1. The van der Waals surface area contributed by atoms with Gasteiger partial charge in [0.2, 0.25) is 5.43 Å². The molecular weight excluding hydrogens is 364 g/mol. The number of nitrogens with zero attached hydrogens (tertiary/aromatic N) is 3. The molecule has 0 bridgehead atoms. The van der Waals surface area contributed by atoms with Gasteiger partial charge in [0.25, 0.3) is 11.6 Å². The predicted molar refractivity (Wildman–Crippen MR) is 102 cm³/mol. The van der Waals surface area contributed by atoms with E-state index in [4.69, 9.17) is 4.74 Å². The summed E-state index contributed by atoms with van der Waals surface area (Å²) in [5.74, 6) is 0.0754. The number of aryl methyl sites for hydroxylation is 1. The Hall–Kier alpha value is -3.07. The fourth-order valence-electron chi connectivity index (χ4n) is 2.74. The highest BCUT2D eigenvalue weighted by atomic mass is 16.6. The molecular formula is C19H22N4O5. The third kappa shape index (κ3) is 4.80. The predicted octanol–water partition coefficient (Wildman–Crippen LogP) is 2.00. The lowest BCUT2D eigenvalue weighted by atomic mass is 10.2.